The lowest BCUT2D eigenvalue weighted by Crippen LogP contribution is -2.43. The van der Waals surface area contributed by atoms with Crippen LogP contribution in [0.4, 0.5) is 0 Å². The van der Waals surface area contributed by atoms with Gasteiger partial charge in [-0.25, -0.2) is 0 Å². The smallest absolute Gasteiger partial charge is 0.0636 e. The van der Waals surface area contributed by atoms with Gasteiger partial charge in [-0.2, -0.15) is 0 Å². The van der Waals surface area contributed by atoms with Crippen molar-refractivity contribution in [3.05, 3.63) is 0 Å². The Morgan fingerprint density at radius 3 is 1.89 bits per heavy atom. The summed E-state index contributed by atoms with van der Waals surface area (Å²) in [5.74, 6) is 0. The van der Waals surface area contributed by atoms with Crippen LogP contribution >= 0.6 is 0 Å². The quantitative estimate of drug-likeness (QED) is 0.513. The minimum atomic E-state index is 0.495. The van der Waals surface area contributed by atoms with Crippen LogP contribution in [0.2, 0.25) is 0 Å². The van der Waals surface area contributed by atoms with Crippen LogP contribution in [0.25, 0.3) is 0 Å². The van der Waals surface area contributed by atoms with E-state index in [-0.39, 0.29) is 0 Å². The van der Waals surface area contributed by atoms with Crippen LogP contribution in [0.15, 0.2) is 0 Å². The highest BCUT2D eigenvalue weighted by Gasteiger charge is 2.24. The molecule has 3 nitrogen and oxygen atoms in total. The maximum absolute atomic E-state index is 5.23. The van der Waals surface area contributed by atoms with E-state index in [1.165, 1.54) is 0 Å². The van der Waals surface area contributed by atoms with E-state index in [0.29, 0.717) is 12.1 Å². The van der Waals surface area contributed by atoms with Crippen LogP contribution in [0, 0.1) is 0 Å². The Labute approximate surface area is 55.8 Å². The van der Waals surface area contributed by atoms with E-state index >= 15 is 0 Å². The third-order valence-electron chi connectivity index (χ3n) is 1.82. The van der Waals surface area contributed by atoms with Crippen LogP contribution in [-0.4, -0.2) is 39.4 Å². The van der Waals surface area contributed by atoms with Gasteiger partial charge in [0, 0.05) is 12.1 Å². The summed E-state index contributed by atoms with van der Waals surface area (Å²) in [6.45, 7) is 1.67. The van der Waals surface area contributed by atoms with E-state index in [1.54, 1.807) is 0 Å². The average Bonchev–Trinajstić information content (AvgIpc) is 2.33. The van der Waals surface area contributed by atoms with Gasteiger partial charge < -0.3 is 15.4 Å². The van der Waals surface area contributed by atoms with Gasteiger partial charge in [-0.1, -0.05) is 0 Å². The highest BCUT2D eigenvalue weighted by Crippen LogP contribution is 2.03. The topological polar surface area (TPSA) is 33.3 Å². The molecular weight excluding hydrogens is 116 g/mol. The number of hydrogen-bond acceptors (Lipinski definition) is 3. The molecule has 0 spiro atoms. The molecule has 0 saturated carbocycles. The maximum Gasteiger partial charge on any atom is 0.0636 e. The second kappa shape index (κ2) is 3.15. The molecule has 2 N–H and O–H groups in total. The molecule has 0 aliphatic carbocycles. The van der Waals surface area contributed by atoms with Crippen molar-refractivity contribution in [3.8, 4) is 0 Å². The highest BCUT2D eigenvalue weighted by atomic mass is 16.5. The molecule has 0 bridgehead atoms. The normalized spacial score (nSPS) is 35.3. The molecule has 0 amide bonds. The third kappa shape index (κ3) is 1.41. The number of hydrogen-bond donors (Lipinski definition) is 2. The summed E-state index contributed by atoms with van der Waals surface area (Å²) in [6, 6.07) is 0.991. The molecule has 54 valence electrons. The van der Waals surface area contributed by atoms with Gasteiger partial charge in [-0.3, -0.25) is 0 Å². The molecule has 2 atom stereocenters. The third-order valence-corrected chi connectivity index (χ3v) is 1.82. The van der Waals surface area contributed by atoms with E-state index in [0.717, 1.165) is 13.2 Å². The molecule has 0 aromatic carbocycles. The monoisotopic (exact) mass is 130 g/mol. The molecule has 1 aliphatic rings. The summed E-state index contributed by atoms with van der Waals surface area (Å²) in [6.07, 6.45) is 0. The summed E-state index contributed by atoms with van der Waals surface area (Å²) in [7, 11) is 3.92. The van der Waals surface area contributed by atoms with E-state index in [1.807, 2.05) is 14.1 Å². The van der Waals surface area contributed by atoms with Gasteiger partial charge in [0.25, 0.3) is 0 Å². The van der Waals surface area contributed by atoms with Gasteiger partial charge >= 0.3 is 0 Å². The van der Waals surface area contributed by atoms with Crippen molar-refractivity contribution < 1.29 is 4.74 Å². The Bertz CT molecular complexity index is 77.1. The Kier molecular flexibility index (Phi) is 2.45. The molecule has 9 heavy (non-hydrogen) atoms. The summed E-state index contributed by atoms with van der Waals surface area (Å²) < 4.78 is 5.23. The zero-order valence-electron chi connectivity index (χ0n) is 5.98. The van der Waals surface area contributed by atoms with Crippen molar-refractivity contribution >= 4 is 0 Å². The van der Waals surface area contributed by atoms with E-state index in [2.05, 4.69) is 10.6 Å². The first-order valence-electron chi connectivity index (χ1n) is 3.30. The Morgan fingerprint density at radius 1 is 1.11 bits per heavy atom. The van der Waals surface area contributed by atoms with Crippen molar-refractivity contribution in [2.45, 2.75) is 12.1 Å². The van der Waals surface area contributed by atoms with Crippen molar-refractivity contribution in [3.63, 3.8) is 0 Å². The van der Waals surface area contributed by atoms with E-state index < -0.39 is 0 Å². The second-order valence-electron chi connectivity index (χ2n) is 2.33. The predicted molar refractivity (Wildman–Crippen MR) is 36.5 cm³/mol. The van der Waals surface area contributed by atoms with Crippen molar-refractivity contribution in [1.29, 1.82) is 0 Å². The summed E-state index contributed by atoms with van der Waals surface area (Å²) in [4.78, 5) is 0. The lowest BCUT2D eigenvalue weighted by atomic mass is 10.2. The summed E-state index contributed by atoms with van der Waals surface area (Å²) >= 11 is 0. The molecular formula is C6H14N2O. The number of rotatable bonds is 2. The second-order valence-corrected chi connectivity index (χ2v) is 2.33. The fourth-order valence-electron chi connectivity index (χ4n) is 1.12. The Morgan fingerprint density at radius 2 is 1.56 bits per heavy atom. The molecule has 1 fully saturated rings. The lowest BCUT2D eigenvalue weighted by Gasteiger charge is -2.14. The molecule has 1 aliphatic heterocycles. The fourth-order valence-corrected chi connectivity index (χ4v) is 1.12. The van der Waals surface area contributed by atoms with Crippen molar-refractivity contribution in [2.24, 2.45) is 0 Å². The SMILES string of the molecule is CN[C@H]1COC[C@H]1NC. The average molecular weight is 130 g/mol. The molecule has 0 aromatic heterocycles. The van der Waals surface area contributed by atoms with Crippen LogP contribution < -0.4 is 10.6 Å². The molecule has 1 saturated heterocycles. The standard InChI is InChI=1S/C6H14N2O/c1-7-5-3-9-4-6(5)8-2/h5-8H,3-4H2,1-2H3/t5-,6+. The van der Waals surface area contributed by atoms with E-state index in [9.17, 15) is 0 Å². The Hall–Kier alpha value is -0.120. The lowest BCUT2D eigenvalue weighted by molar-refractivity contribution is 0.186. The van der Waals surface area contributed by atoms with Gasteiger partial charge in [0.05, 0.1) is 13.2 Å². The fraction of sp³-hybridized carbons (Fsp3) is 1.00. The van der Waals surface area contributed by atoms with Gasteiger partial charge in [-0.15, -0.1) is 0 Å². The first-order valence-corrected chi connectivity index (χ1v) is 3.30. The molecule has 1 rings (SSSR count). The van der Waals surface area contributed by atoms with Crippen LogP contribution in [0.1, 0.15) is 0 Å². The maximum atomic E-state index is 5.23. The largest absolute Gasteiger partial charge is 0.378 e. The zero-order chi connectivity index (χ0) is 6.69. The Balaban J connectivity index is 2.32. The zero-order valence-corrected chi connectivity index (χ0v) is 5.98. The number of likely N-dealkylation sites (N-methyl/N-ethyl adjacent to an activating group) is 2. The first-order chi connectivity index (χ1) is 4.38. The van der Waals surface area contributed by atoms with Gasteiger partial charge in [0.1, 0.15) is 0 Å². The first kappa shape index (κ1) is 6.99. The van der Waals surface area contributed by atoms with Crippen LogP contribution in [0.3, 0.4) is 0 Å². The van der Waals surface area contributed by atoms with Crippen LogP contribution in [0.5, 0.6) is 0 Å². The summed E-state index contributed by atoms with van der Waals surface area (Å²) in [5, 5.41) is 6.35. The summed E-state index contributed by atoms with van der Waals surface area (Å²) in [5.41, 5.74) is 0. The minimum absolute atomic E-state index is 0.495. The van der Waals surface area contributed by atoms with E-state index in [4.69, 9.17) is 4.74 Å². The highest BCUT2D eigenvalue weighted by molar-refractivity contribution is 4.84. The molecule has 0 unspecified atom stereocenters. The number of nitrogens with one attached hydrogen (secondary N) is 2. The van der Waals surface area contributed by atoms with Crippen molar-refractivity contribution in [2.75, 3.05) is 27.3 Å². The molecule has 0 radical (unpaired) electrons. The molecule has 3 heteroatoms. The van der Waals surface area contributed by atoms with Gasteiger partial charge in [0.2, 0.25) is 0 Å². The van der Waals surface area contributed by atoms with Crippen molar-refractivity contribution in [1.82, 2.24) is 10.6 Å². The van der Waals surface area contributed by atoms with Gasteiger partial charge in [0.15, 0.2) is 0 Å². The molecule has 0 aromatic rings. The predicted octanol–water partition coefficient (Wildman–Crippen LogP) is -0.807. The minimum Gasteiger partial charge on any atom is -0.378 e. The molecule has 1 heterocycles. The van der Waals surface area contributed by atoms with Crippen LogP contribution in [-0.2, 0) is 4.74 Å². The van der Waals surface area contributed by atoms with Gasteiger partial charge in [-0.05, 0) is 14.1 Å². The number of ether oxygens (including phenoxy) is 1.